The van der Waals surface area contributed by atoms with E-state index in [0.717, 1.165) is 12.2 Å². The lowest BCUT2D eigenvalue weighted by Gasteiger charge is -2.08. The lowest BCUT2D eigenvalue weighted by Crippen LogP contribution is -2.10. The van der Waals surface area contributed by atoms with Crippen molar-refractivity contribution in [2.45, 2.75) is 6.54 Å². The van der Waals surface area contributed by atoms with Crippen LogP contribution in [-0.4, -0.2) is 23.6 Å². The Balaban J connectivity index is 2.65. The number of anilines is 1. The summed E-state index contributed by atoms with van der Waals surface area (Å²) in [6, 6.07) is 6.06. The Hall–Kier alpha value is -1.48. The van der Waals surface area contributed by atoms with Crippen molar-refractivity contribution in [3.63, 3.8) is 0 Å². The lowest BCUT2D eigenvalue weighted by molar-refractivity contribution is 0.404. The number of aromatic nitrogens is 1. The van der Waals surface area contributed by atoms with Gasteiger partial charge in [0.15, 0.2) is 0 Å². The molecule has 1 aromatic carbocycles. The molecule has 1 heterocycles. The first-order valence-corrected chi connectivity index (χ1v) is 5.06. The van der Waals surface area contributed by atoms with Gasteiger partial charge in [-0.05, 0) is 31.8 Å². The van der Waals surface area contributed by atoms with Crippen molar-refractivity contribution >= 4 is 16.6 Å². The quantitative estimate of drug-likeness (QED) is 0.755. The predicted molar refractivity (Wildman–Crippen MR) is 64.7 cm³/mol. The molecule has 0 saturated heterocycles. The monoisotopic (exact) mass is 203 g/mol. The summed E-state index contributed by atoms with van der Waals surface area (Å²) in [5.41, 5.74) is 9.37. The zero-order valence-electron chi connectivity index (χ0n) is 9.49. The van der Waals surface area contributed by atoms with Gasteiger partial charge >= 0.3 is 0 Å². The highest BCUT2D eigenvalue weighted by atomic mass is 15.1. The lowest BCUT2D eigenvalue weighted by atomic mass is 10.1. The fourth-order valence-corrected chi connectivity index (χ4v) is 2.03. The second-order valence-electron chi connectivity index (χ2n) is 4.24. The average molecular weight is 203 g/mol. The Morgan fingerprint density at radius 2 is 2.07 bits per heavy atom. The maximum atomic E-state index is 6.01. The summed E-state index contributed by atoms with van der Waals surface area (Å²) in [6.45, 7) is 0.922. The first-order chi connectivity index (χ1) is 7.09. The summed E-state index contributed by atoms with van der Waals surface area (Å²) in [4.78, 5) is 2.15. The highest BCUT2D eigenvalue weighted by molar-refractivity contribution is 5.94. The van der Waals surface area contributed by atoms with Gasteiger partial charge in [-0.2, -0.15) is 0 Å². The van der Waals surface area contributed by atoms with Crippen LogP contribution in [0.1, 0.15) is 5.56 Å². The number of nitrogen functional groups attached to an aromatic ring is 1. The number of nitrogens with two attached hydrogens (primary N) is 1. The molecule has 3 heteroatoms. The molecule has 0 aliphatic rings. The van der Waals surface area contributed by atoms with Crippen molar-refractivity contribution in [3.8, 4) is 0 Å². The topological polar surface area (TPSA) is 34.2 Å². The van der Waals surface area contributed by atoms with Gasteiger partial charge in [0, 0.05) is 30.9 Å². The van der Waals surface area contributed by atoms with E-state index in [1.807, 2.05) is 12.1 Å². The minimum Gasteiger partial charge on any atom is -0.398 e. The molecule has 0 fully saturated rings. The molecule has 0 radical (unpaired) electrons. The van der Waals surface area contributed by atoms with Crippen LogP contribution in [0.2, 0.25) is 0 Å². The Morgan fingerprint density at radius 3 is 2.73 bits per heavy atom. The molecule has 15 heavy (non-hydrogen) atoms. The van der Waals surface area contributed by atoms with Crippen molar-refractivity contribution in [1.82, 2.24) is 9.47 Å². The smallest absolute Gasteiger partial charge is 0.0501 e. The molecule has 0 unspecified atom stereocenters. The maximum absolute atomic E-state index is 6.01. The summed E-state index contributed by atoms with van der Waals surface area (Å²) < 4.78 is 2.13. The normalized spacial score (nSPS) is 11.5. The molecule has 1 aromatic heterocycles. The van der Waals surface area contributed by atoms with Crippen LogP contribution in [0.15, 0.2) is 24.4 Å². The molecule has 3 nitrogen and oxygen atoms in total. The van der Waals surface area contributed by atoms with Crippen LogP contribution in [0.5, 0.6) is 0 Å². The van der Waals surface area contributed by atoms with Crippen LogP contribution in [-0.2, 0) is 13.6 Å². The first kappa shape index (κ1) is 10.1. The van der Waals surface area contributed by atoms with Gasteiger partial charge in [-0.1, -0.05) is 6.07 Å². The minimum atomic E-state index is 0.866. The second kappa shape index (κ2) is 3.59. The zero-order valence-corrected chi connectivity index (χ0v) is 9.49. The molecule has 0 atom stereocenters. The Kier molecular flexibility index (Phi) is 2.40. The van der Waals surface area contributed by atoms with Crippen molar-refractivity contribution in [2.24, 2.45) is 7.05 Å². The van der Waals surface area contributed by atoms with E-state index in [9.17, 15) is 0 Å². The number of hydrogen-bond acceptors (Lipinski definition) is 2. The van der Waals surface area contributed by atoms with Crippen molar-refractivity contribution in [2.75, 3.05) is 19.8 Å². The third-order valence-electron chi connectivity index (χ3n) is 2.61. The number of rotatable bonds is 2. The van der Waals surface area contributed by atoms with Gasteiger partial charge in [0.1, 0.15) is 0 Å². The average Bonchev–Trinajstić information content (AvgIpc) is 2.44. The van der Waals surface area contributed by atoms with E-state index in [4.69, 9.17) is 5.73 Å². The first-order valence-electron chi connectivity index (χ1n) is 5.06. The summed E-state index contributed by atoms with van der Waals surface area (Å²) in [7, 11) is 6.19. The fraction of sp³-hybridized carbons (Fsp3) is 0.333. The van der Waals surface area contributed by atoms with Crippen LogP contribution in [0.25, 0.3) is 10.9 Å². The predicted octanol–water partition coefficient (Wildman–Crippen LogP) is 1.82. The van der Waals surface area contributed by atoms with Crippen molar-refractivity contribution in [3.05, 3.63) is 30.0 Å². The second-order valence-corrected chi connectivity index (χ2v) is 4.24. The van der Waals surface area contributed by atoms with Crippen molar-refractivity contribution < 1.29 is 0 Å². The van der Waals surface area contributed by atoms with Gasteiger partial charge in [0.2, 0.25) is 0 Å². The maximum Gasteiger partial charge on any atom is 0.0501 e. The van der Waals surface area contributed by atoms with Crippen LogP contribution in [0, 0.1) is 0 Å². The fourth-order valence-electron chi connectivity index (χ4n) is 2.03. The summed E-state index contributed by atoms with van der Waals surface area (Å²) in [5, 5.41) is 1.19. The summed E-state index contributed by atoms with van der Waals surface area (Å²) >= 11 is 0. The molecule has 0 aliphatic heterocycles. The van der Waals surface area contributed by atoms with Crippen LogP contribution >= 0.6 is 0 Å². The Morgan fingerprint density at radius 1 is 1.33 bits per heavy atom. The molecular weight excluding hydrogens is 186 g/mol. The van der Waals surface area contributed by atoms with E-state index in [0.29, 0.717) is 0 Å². The van der Waals surface area contributed by atoms with Crippen molar-refractivity contribution in [1.29, 1.82) is 0 Å². The van der Waals surface area contributed by atoms with Gasteiger partial charge in [-0.25, -0.2) is 0 Å². The number of benzene rings is 1. The molecule has 80 valence electrons. The minimum absolute atomic E-state index is 0.866. The zero-order chi connectivity index (χ0) is 11.0. The van der Waals surface area contributed by atoms with E-state index in [1.165, 1.54) is 16.5 Å². The Bertz CT molecular complexity index is 483. The van der Waals surface area contributed by atoms with Gasteiger partial charge in [-0.3, -0.25) is 0 Å². The summed E-state index contributed by atoms with van der Waals surface area (Å²) in [6.07, 6.45) is 2.15. The van der Waals surface area contributed by atoms with Crippen LogP contribution < -0.4 is 5.73 Å². The van der Waals surface area contributed by atoms with Gasteiger partial charge in [0.05, 0.1) is 5.52 Å². The van der Waals surface area contributed by atoms with E-state index in [1.54, 1.807) is 0 Å². The van der Waals surface area contributed by atoms with Gasteiger partial charge < -0.3 is 15.2 Å². The molecule has 0 amide bonds. The Labute approximate surface area is 90.1 Å². The van der Waals surface area contributed by atoms with E-state index < -0.39 is 0 Å². The van der Waals surface area contributed by atoms with Gasteiger partial charge in [-0.15, -0.1) is 0 Å². The number of fused-ring (bicyclic) bond motifs is 1. The highest BCUT2D eigenvalue weighted by Gasteiger charge is 2.09. The van der Waals surface area contributed by atoms with E-state index >= 15 is 0 Å². The number of nitrogens with zero attached hydrogens (tertiary/aromatic N) is 2. The molecule has 2 aromatic rings. The molecule has 0 aliphatic carbocycles. The van der Waals surface area contributed by atoms with Gasteiger partial charge in [0.25, 0.3) is 0 Å². The third-order valence-corrected chi connectivity index (χ3v) is 2.61. The van der Waals surface area contributed by atoms with E-state index in [-0.39, 0.29) is 0 Å². The molecule has 0 spiro atoms. The molecular formula is C12H17N3. The number of aryl methyl sites for hydroxylation is 1. The SMILES string of the molecule is CN(C)Cc1cn(C)c2cccc(N)c12. The molecule has 0 saturated carbocycles. The standard InChI is InChI=1S/C12H17N3/c1-14(2)7-9-8-15(3)11-6-4-5-10(13)12(9)11/h4-6,8H,7,13H2,1-3H3. The van der Waals surface area contributed by atoms with Crippen LogP contribution in [0.3, 0.4) is 0 Å². The number of hydrogen-bond donors (Lipinski definition) is 1. The summed E-state index contributed by atoms with van der Waals surface area (Å²) in [5.74, 6) is 0. The van der Waals surface area contributed by atoms with Crippen LogP contribution in [0.4, 0.5) is 5.69 Å². The largest absolute Gasteiger partial charge is 0.398 e. The highest BCUT2D eigenvalue weighted by Crippen LogP contribution is 2.26. The third kappa shape index (κ3) is 1.70. The molecule has 2 rings (SSSR count). The molecule has 0 bridgehead atoms. The van der Waals surface area contributed by atoms with E-state index in [2.05, 4.69) is 42.9 Å². The molecule has 2 N–H and O–H groups in total.